The number of phenols is 1. The van der Waals surface area contributed by atoms with Gasteiger partial charge >= 0.3 is 0 Å². The third-order valence-corrected chi connectivity index (χ3v) is 6.70. The maximum absolute atomic E-state index is 13.6. The molecule has 4 aromatic rings. The van der Waals surface area contributed by atoms with E-state index in [1.807, 2.05) is 6.92 Å². The minimum atomic E-state index is -0.843. The number of benzene rings is 2. The highest BCUT2D eigenvalue weighted by atomic mass is 35.5. The van der Waals surface area contributed by atoms with E-state index in [1.165, 1.54) is 35.5 Å². The lowest BCUT2D eigenvalue weighted by Gasteiger charge is -2.22. The smallest absolute Gasteiger partial charge is 0.297 e. The molecule has 1 aliphatic heterocycles. The van der Waals surface area contributed by atoms with Crippen molar-refractivity contribution < 1.29 is 19.1 Å². The molecule has 8 nitrogen and oxygen atoms in total. The first-order chi connectivity index (χ1) is 15.9. The number of methoxy groups -OCH3 is 1. The lowest BCUT2D eigenvalue weighted by molar-refractivity contribution is 0.0970. The number of halogens is 1. The number of aromatic nitrogens is 2. The highest BCUT2D eigenvalue weighted by molar-refractivity contribution is 7.15. The molecular formula is C23H18ClN3O5S. The van der Waals surface area contributed by atoms with Gasteiger partial charge in [-0.15, -0.1) is 10.2 Å². The van der Waals surface area contributed by atoms with Crippen molar-refractivity contribution >= 4 is 44.9 Å². The van der Waals surface area contributed by atoms with Crippen LogP contribution in [-0.4, -0.2) is 28.3 Å². The van der Waals surface area contributed by atoms with Crippen molar-refractivity contribution in [3.05, 3.63) is 73.5 Å². The zero-order valence-electron chi connectivity index (χ0n) is 17.7. The van der Waals surface area contributed by atoms with E-state index in [0.29, 0.717) is 15.7 Å². The van der Waals surface area contributed by atoms with E-state index in [2.05, 4.69) is 10.2 Å². The van der Waals surface area contributed by atoms with Gasteiger partial charge in [0.1, 0.15) is 10.6 Å². The summed E-state index contributed by atoms with van der Waals surface area (Å²) in [5.41, 5.74) is 0.636. The predicted molar refractivity (Wildman–Crippen MR) is 125 cm³/mol. The molecule has 0 saturated heterocycles. The number of carbonyl (C=O) groups excluding carboxylic acids is 1. The maximum atomic E-state index is 13.6. The van der Waals surface area contributed by atoms with Gasteiger partial charge in [0.25, 0.3) is 5.91 Å². The molecule has 1 amide bonds. The first-order valence-corrected chi connectivity index (χ1v) is 11.4. The molecule has 33 heavy (non-hydrogen) atoms. The zero-order chi connectivity index (χ0) is 23.3. The summed E-state index contributed by atoms with van der Waals surface area (Å²) in [6, 6.07) is 8.52. The van der Waals surface area contributed by atoms with Crippen LogP contribution in [0.5, 0.6) is 11.5 Å². The van der Waals surface area contributed by atoms with E-state index in [9.17, 15) is 14.7 Å². The SMILES string of the molecule is CCCc1nnc(N2C(=O)c3oc4ccc(Cl)cc4c(=O)c3C2c2ccc(O)c(OC)c2)s1. The van der Waals surface area contributed by atoms with Crippen LogP contribution in [0.2, 0.25) is 5.02 Å². The first-order valence-electron chi connectivity index (χ1n) is 10.2. The summed E-state index contributed by atoms with van der Waals surface area (Å²) >= 11 is 7.41. The Morgan fingerprint density at radius 1 is 1.21 bits per heavy atom. The second-order valence-corrected chi connectivity index (χ2v) is 9.03. The molecule has 3 heterocycles. The highest BCUT2D eigenvalue weighted by Crippen LogP contribution is 2.44. The van der Waals surface area contributed by atoms with E-state index in [1.54, 1.807) is 24.3 Å². The summed E-state index contributed by atoms with van der Waals surface area (Å²) in [6.45, 7) is 2.03. The molecule has 1 atom stereocenters. The number of anilines is 1. The summed E-state index contributed by atoms with van der Waals surface area (Å²) in [7, 11) is 1.43. The van der Waals surface area contributed by atoms with Crippen molar-refractivity contribution in [2.24, 2.45) is 0 Å². The summed E-state index contributed by atoms with van der Waals surface area (Å²) in [6.07, 6.45) is 1.61. The molecule has 0 radical (unpaired) electrons. The van der Waals surface area contributed by atoms with Crippen LogP contribution in [0.15, 0.2) is 45.6 Å². The predicted octanol–water partition coefficient (Wildman–Crippen LogP) is 4.71. The molecule has 1 aliphatic rings. The van der Waals surface area contributed by atoms with Crippen molar-refractivity contribution in [1.82, 2.24) is 10.2 Å². The Labute approximate surface area is 197 Å². The number of aromatic hydroxyl groups is 1. The monoisotopic (exact) mass is 483 g/mol. The molecule has 0 fully saturated rings. The summed E-state index contributed by atoms with van der Waals surface area (Å²) in [5.74, 6) is -0.393. The topological polar surface area (TPSA) is 106 Å². The Kier molecular flexibility index (Phi) is 5.30. The second-order valence-electron chi connectivity index (χ2n) is 7.55. The Hall–Kier alpha value is -3.43. The highest BCUT2D eigenvalue weighted by Gasteiger charge is 2.45. The number of carbonyl (C=O) groups is 1. The van der Waals surface area contributed by atoms with Gasteiger partial charge in [-0.05, 0) is 42.3 Å². The number of hydrogen-bond donors (Lipinski definition) is 1. The van der Waals surface area contributed by atoms with Gasteiger partial charge in [-0.3, -0.25) is 14.5 Å². The lowest BCUT2D eigenvalue weighted by Crippen LogP contribution is -2.29. The zero-order valence-corrected chi connectivity index (χ0v) is 19.2. The van der Waals surface area contributed by atoms with Gasteiger partial charge in [0.05, 0.1) is 24.1 Å². The average molecular weight is 484 g/mol. The lowest BCUT2D eigenvalue weighted by atomic mass is 9.98. The van der Waals surface area contributed by atoms with Crippen LogP contribution in [0.3, 0.4) is 0 Å². The molecule has 0 spiro atoms. The van der Waals surface area contributed by atoms with E-state index in [4.69, 9.17) is 20.8 Å². The van der Waals surface area contributed by atoms with Crippen molar-refractivity contribution in [3.8, 4) is 11.5 Å². The Morgan fingerprint density at radius 2 is 2.03 bits per heavy atom. The number of rotatable bonds is 5. The van der Waals surface area contributed by atoms with Crippen LogP contribution in [0, 0.1) is 0 Å². The van der Waals surface area contributed by atoms with Gasteiger partial charge in [-0.2, -0.15) is 0 Å². The van der Waals surface area contributed by atoms with Gasteiger partial charge in [0, 0.05) is 11.4 Å². The average Bonchev–Trinajstić information content (AvgIpc) is 3.37. The molecule has 0 aliphatic carbocycles. The largest absolute Gasteiger partial charge is 0.504 e. The van der Waals surface area contributed by atoms with E-state index in [0.717, 1.165) is 17.8 Å². The number of ether oxygens (including phenoxy) is 1. The number of hydrogen-bond acceptors (Lipinski definition) is 8. The number of amides is 1. The summed E-state index contributed by atoms with van der Waals surface area (Å²) in [4.78, 5) is 28.6. The Balaban J connectivity index is 1.78. The maximum Gasteiger partial charge on any atom is 0.297 e. The van der Waals surface area contributed by atoms with Gasteiger partial charge < -0.3 is 14.3 Å². The quantitative estimate of drug-likeness (QED) is 0.438. The molecule has 5 rings (SSSR count). The number of phenolic OH excluding ortho intramolecular Hbond substituents is 1. The molecular weight excluding hydrogens is 466 g/mol. The van der Waals surface area contributed by atoms with Crippen LogP contribution in [0.25, 0.3) is 11.0 Å². The fourth-order valence-corrected chi connectivity index (χ4v) is 5.12. The molecule has 2 aromatic heterocycles. The van der Waals surface area contributed by atoms with Crippen LogP contribution in [0.4, 0.5) is 5.13 Å². The van der Waals surface area contributed by atoms with Crippen molar-refractivity contribution in [1.29, 1.82) is 0 Å². The number of fused-ring (bicyclic) bond motifs is 2. The second kappa shape index (κ2) is 8.17. The molecule has 0 saturated carbocycles. The summed E-state index contributed by atoms with van der Waals surface area (Å²) in [5, 5.41) is 20.3. The van der Waals surface area contributed by atoms with Gasteiger partial charge in [-0.25, -0.2) is 0 Å². The van der Waals surface area contributed by atoms with Gasteiger partial charge in [0.15, 0.2) is 16.9 Å². The molecule has 168 valence electrons. The Morgan fingerprint density at radius 3 is 2.79 bits per heavy atom. The molecule has 1 N–H and O–H groups in total. The summed E-state index contributed by atoms with van der Waals surface area (Å²) < 4.78 is 11.2. The number of aryl methyl sites for hydroxylation is 1. The van der Waals surface area contributed by atoms with Crippen LogP contribution in [-0.2, 0) is 6.42 Å². The van der Waals surface area contributed by atoms with Crippen LogP contribution in [0.1, 0.15) is 46.1 Å². The van der Waals surface area contributed by atoms with Crippen molar-refractivity contribution in [3.63, 3.8) is 0 Å². The van der Waals surface area contributed by atoms with E-state index < -0.39 is 11.9 Å². The minimum Gasteiger partial charge on any atom is -0.504 e. The third-order valence-electron chi connectivity index (χ3n) is 5.48. The first kappa shape index (κ1) is 21.4. The van der Waals surface area contributed by atoms with Gasteiger partial charge in [-0.1, -0.05) is 35.9 Å². The standard InChI is InChI=1S/C23H18ClN3O5S/c1-3-4-17-25-26-23(33-17)27-19(11-5-7-14(28)16(9-11)31-2)18-20(29)13-10-12(24)6-8-15(13)32-21(18)22(27)30/h5-10,19,28H,3-4H2,1-2H3. The Bertz CT molecular complexity index is 1460. The van der Waals surface area contributed by atoms with Crippen molar-refractivity contribution in [2.75, 3.05) is 12.0 Å². The van der Waals surface area contributed by atoms with Gasteiger partial charge in [0.2, 0.25) is 10.9 Å². The number of nitrogens with zero attached hydrogens (tertiary/aromatic N) is 3. The van der Waals surface area contributed by atoms with Crippen LogP contribution < -0.4 is 15.1 Å². The van der Waals surface area contributed by atoms with Crippen LogP contribution >= 0.6 is 22.9 Å². The molecule has 1 unspecified atom stereocenters. The van der Waals surface area contributed by atoms with E-state index in [-0.39, 0.29) is 39.2 Å². The molecule has 2 aromatic carbocycles. The fraction of sp³-hybridized carbons (Fsp3) is 0.217. The molecule has 0 bridgehead atoms. The molecule has 10 heteroatoms. The minimum absolute atomic E-state index is 0.0564. The van der Waals surface area contributed by atoms with E-state index >= 15 is 0 Å². The normalized spacial score (nSPS) is 15.3. The third kappa shape index (κ3) is 3.44. The fourth-order valence-electron chi connectivity index (χ4n) is 3.98. The van der Waals surface area contributed by atoms with Crippen molar-refractivity contribution in [2.45, 2.75) is 25.8 Å².